The highest BCUT2D eigenvalue weighted by Gasteiger charge is 2.18. The number of rotatable bonds is 6. The van der Waals surface area contributed by atoms with Crippen molar-refractivity contribution in [3.63, 3.8) is 0 Å². The molecular formula is C16H21BrN2S. The summed E-state index contributed by atoms with van der Waals surface area (Å²) in [6.45, 7) is 3.76. The van der Waals surface area contributed by atoms with Gasteiger partial charge in [-0.2, -0.15) is 0 Å². The SMILES string of the molecule is CCc1ccccc1C(CN)N(C)Cc1cc(Br)cs1. The fraction of sp³-hybridized carbons (Fsp3) is 0.375. The third kappa shape index (κ3) is 3.70. The van der Waals surface area contributed by atoms with Crippen LogP contribution >= 0.6 is 27.3 Å². The summed E-state index contributed by atoms with van der Waals surface area (Å²) in [7, 11) is 2.15. The summed E-state index contributed by atoms with van der Waals surface area (Å²) < 4.78 is 1.16. The van der Waals surface area contributed by atoms with Crippen LogP contribution in [0, 0.1) is 0 Å². The average Bonchev–Trinajstić information content (AvgIpc) is 2.85. The summed E-state index contributed by atoms with van der Waals surface area (Å²) in [5, 5.41) is 2.13. The molecule has 0 amide bonds. The molecule has 2 N–H and O–H groups in total. The molecule has 2 aromatic rings. The summed E-state index contributed by atoms with van der Waals surface area (Å²) in [6, 6.07) is 11.1. The van der Waals surface area contributed by atoms with Crippen LogP contribution in [0.4, 0.5) is 0 Å². The van der Waals surface area contributed by atoms with Gasteiger partial charge in [-0.05, 0) is 46.6 Å². The lowest BCUT2D eigenvalue weighted by atomic mass is 9.97. The molecule has 20 heavy (non-hydrogen) atoms. The zero-order valence-corrected chi connectivity index (χ0v) is 14.4. The molecule has 1 aromatic carbocycles. The standard InChI is InChI=1S/C16H21BrN2S/c1-3-12-6-4-5-7-15(12)16(9-18)19(2)10-14-8-13(17)11-20-14/h4-8,11,16H,3,9-10,18H2,1-2H3. The van der Waals surface area contributed by atoms with Crippen molar-refractivity contribution in [2.24, 2.45) is 5.73 Å². The van der Waals surface area contributed by atoms with Crippen LogP contribution in [0.5, 0.6) is 0 Å². The molecule has 4 heteroatoms. The molecule has 2 rings (SSSR count). The van der Waals surface area contributed by atoms with E-state index in [0.29, 0.717) is 6.54 Å². The molecular weight excluding hydrogens is 332 g/mol. The Morgan fingerprint density at radius 3 is 2.70 bits per heavy atom. The number of thiophene rings is 1. The van der Waals surface area contributed by atoms with Crippen LogP contribution in [0.1, 0.15) is 29.0 Å². The first-order valence-corrected chi connectivity index (χ1v) is 8.54. The number of aryl methyl sites for hydroxylation is 1. The van der Waals surface area contributed by atoms with Gasteiger partial charge in [-0.15, -0.1) is 11.3 Å². The van der Waals surface area contributed by atoms with Crippen molar-refractivity contribution < 1.29 is 0 Å². The fourth-order valence-corrected chi connectivity index (χ4v) is 4.03. The first-order valence-electron chi connectivity index (χ1n) is 6.86. The molecule has 1 heterocycles. The number of hydrogen-bond donors (Lipinski definition) is 1. The molecule has 0 fully saturated rings. The molecule has 1 unspecified atom stereocenters. The molecule has 0 bridgehead atoms. The Kier molecular flexibility index (Phi) is 5.78. The van der Waals surface area contributed by atoms with Crippen LogP contribution in [0.2, 0.25) is 0 Å². The maximum absolute atomic E-state index is 6.04. The average molecular weight is 353 g/mol. The molecule has 0 saturated carbocycles. The van der Waals surface area contributed by atoms with Crippen LogP contribution in [0.15, 0.2) is 40.2 Å². The van der Waals surface area contributed by atoms with Crippen molar-refractivity contribution in [3.05, 3.63) is 56.2 Å². The van der Waals surface area contributed by atoms with Gasteiger partial charge >= 0.3 is 0 Å². The lowest BCUT2D eigenvalue weighted by Crippen LogP contribution is -2.30. The number of nitrogens with zero attached hydrogens (tertiary/aromatic N) is 1. The van der Waals surface area contributed by atoms with Gasteiger partial charge in [0.1, 0.15) is 0 Å². The normalized spacial score (nSPS) is 12.8. The van der Waals surface area contributed by atoms with E-state index in [1.165, 1.54) is 16.0 Å². The van der Waals surface area contributed by atoms with E-state index in [-0.39, 0.29) is 6.04 Å². The van der Waals surface area contributed by atoms with Crippen molar-refractivity contribution in [3.8, 4) is 0 Å². The van der Waals surface area contributed by atoms with Gasteiger partial charge < -0.3 is 5.73 Å². The van der Waals surface area contributed by atoms with Gasteiger partial charge in [0.25, 0.3) is 0 Å². The smallest absolute Gasteiger partial charge is 0.0474 e. The zero-order chi connectivity index (χ0) is 14.5. The summed E-state index contributed by atoms with van der Waals surface area (Å²) in [5.74, 6) is 0. The van der Waals surface area contributed by atoms with Gasteiger partial charge in [-0.25, -0.2) is 0 Å². The van der Waals surface area contributed by atoms with Gasteiger partial charge in [0.2, 0.25) is 0 Å². The Bertz CT molecular complexity index is 553. The van der Waals surface area contributed by atoms with E-state index in [2.05, 4.69) is 70.5 Å². The minimum atomic E-state index is 0.270. The largest absolute Gasteiger partial charge is 0.329 e. The van der Waals surface area contributed by atoms with Crippen molar-refractivity contribution >= 4 is 27.3 Å². The topological polar surface area (TPSA) is 29.3 Å². The predicted molar refractivity (Wildman–Crippen MR) is 91.1 cm³/mol. The quantitative estimate of drug-likeness (QED) is 0.843. The molecule has 0 aliphatic rings. The van der Waals surface area contributed by atoms with Crippen molar-refractivity contribution in [2.45, 2.75) is 25.9 Å². The van der Waals surface area contributed by atoms with Gasteiger partial charge in [-0.1, -0.05) is 31.2 Å². The van der Waals surface area contributed by atoms with Crippen LogP contribution in [-0.2, 0) is 13.0 Å². The molecule has 1 aromatic heterocycles. The van der Waals surface area contributed by atoms with Crippen molar-refractivity contribution in [2.75, 3.05) is 13.6 Å². The highest BCUT2D eigenvalue weighted by Crippen LogP contribution is 2.27. The minimum Gasteiger partial charge on any atom is -0.329 e. The Morgan fingerprint density at radius 2 is 2.10 bits per heavy atom. The Morgan fingerprint density at radius 1 is 1.35 bits per heavy atom. The van der Waals surface area contributed by atoms with E-state index in [0.717, 1.165) is 17.4 Å². The third-order valence-corrected chi connectivity index (χ3v) is 5.26. The monoisotopic (exact) mass is 352 g/mol. The Balaban J connectivity index is 2.18. The van der Waals surface area contributed by atoms with Gasteiger partial charge in [0.15, 0.2) is 0 Å². The second-order valence-corrected chi connectivity index (χ2v) is 6.86. The van der Waals surface area contributed by atoms with Gasteiger partial charge in [-0.3, -0.25) is 4.90 Å². The van der Waals surface area contributed by atoms with E-state index in [4.69, 9.17) is 5.73 Å². The van der Waals surface area contributed by atoms with Gasteiger partial charge in [0, 0.05) is 33.9 Å². The summed E-state index contributed by atoms with van der Waals surface area (Å²) >= 11 is 5.29. The second-order valence-electron chi connectivity index (χ2n) is 4.95. The molecule has 1 atom stereocenters. The molecule has 2 nitrogen and oxygen atoms in total. The molecule has 0 aliphatic heterocycles. The minimum absolute atomic E-state index is 0.270. The van der Waals surface area contributed by atoms with Gasteiger partial charge in [0.05, 0.1) is 0 Å². The lowest BCUT2D eigenvalue weighted by molar-refractivity contribution is 0.243. The van der Waals surface area contributed by atoms with E-state index in [1.807, 2.05) is 0 Å². The van der Waals surface area contributed by atoms with Crippen LogP contribution in [0.25, 0.3) is 0 Å². The number of hydrogen-bond acceptors (Lipinski definition) is 3. The maximum Gasteiger partial charge on any atom is 0.0474 e. The number of likely N-dealkylation sites (N-methyl/N-ethyl adjacent to an activating group) is 1. The molecule has 0 spiro atoms. The van der Waals surface area contributed by atoms with E-state index in [1.54, 1.807) is 11.3 Å². The summed E-state index contributed by atoms with van der Waals surface area (Å²) in [4.78, 5) is 3.69. The number of halogens is 1. The molecule has 0 saturated heterocycles. The molecule has 0 aliphatic carbocycles. The second kappa shape index (κ2) is 7.36. The maximum atomic E-state index is 6.04. The van der Waals surface area contributed by atoms with Crippen LogP contribution in [0.3, 0.4) is 0 Å². The van der Waals surface area contributed by atoms with E-state index >= 15 is 0 Å². The highest BCUT2D eigenvalue weighted by atomic mass is 79.9. The van der Waals surface area contributed by atoms with Crippen molar-refractivity contribution in [1.82, 2.24) is 4.90 Å². The molecule has 108 valence electrons. The summed E-state index contributed by atoms with van der Waals surface area (Å²) in [6.07, 6.45) is 1.05. The lowest BCUT2D eigenvalue weighted by Gasteiger charge is -2.28. The zero-order valence-electron chi connectivity index (χ0n) is 12.0. The third-order valence-electron chi connectivity index (χ3n) is 3.58. The van der Waals surface area contributed by atoms with E-state index < -0.39 is 0 Å². The Labute approximate surface area is 133 Å². The van der Waals surface area contributed by atoms with E-state index in [9.17, 15) is 0 Å². The Hall–Kier alpha value is -0.680. The van der Waals surface area contributed by atoms with Crippen LogP contribution in [-0.4, -0.2) is 18.5 Å². The number of nitrogens with two attached hydrogens (primary N) is 1. The first-order chi connectivity index (χ1) is 9.65. The predicted octanol–water partition coefficient (Wildman–Crippen LogP) is 4.20. The summed E-state index contributed by atoms with van der Waals surface area (Å²) in [5.41, 5.74) is 8.79. The molecule has 0 radical (unpaired) electrons. The fourth-order valence-electron chi connectivity index (χ4n) is 2.52. The number of benzene rings is 1. The van der Waals surface area contributed by atoms with Crippen molar-refractivity contribution in [1.29, 1.82) is 0 Å². The first kappa shape index (κ1) is 15.7. The van der Waals surface area contributed by atoms with Crippen LogP contribution < -0.4 is 5.73 Å². The highest BCUT2D eigenvalue weighted by molar-refractivity contribution is 9.10.